The summed E-state index contributed by atoms with van der Waals surface area (Å²) < 4.78 is 5.38. The predicted molar refractivity (Wildman–Crippen MR) is 55.5 cm³/mol. The van der Waals surface area contributed by atoms with Crippen LogP contribution < -0.4 is 0 Å². The van der Waals surface area contributed by atoms with Crippen LogP contribution in [0.5, 0.6) is 0 Å². The zero-order chi connectivity index (χ0) is 9.03. The molecule has 0 fully saturated rings. The van der Waals surface area contributed by atoms with E-state index in [0.717, 1.165) is 5.25 Å². The van der Waals surface area contributed by atoms with E-state index in [4.69, 9.17) is 4.74 Å². The van der Waals surface area contributed by atoms with Crippen molar-refractivity contribution in [1.29, 1.82) is 0 Å². The minimum absolute atomic E-state index is 0.0180. The van der Waals surface area contributed by atoms with E-state index in [1.807, 2.05) is 11.8 Å². The topological polar surface area (TPSA) is 9.23 Å². The van der Waals surface area contributed by atoms with E-state index in [9.17, 15) is 0 Å². The van der Waals surface area contributed by atoms with Crippen LogP contribution in [-0.4, -0.2) is 17.3 Å². The fraction of sp³-hybridized carbons (Fsp3) is 0.800. The minimum Gasteiger partial charge on any atom is -0.368 e. The molecule has 0 spiro atoms. The Bertz CT molecular complexity index is 163. The molecule has 1 atom stereocenters. The van der Waals surface area contributed by atoms with E-state index in [0.29, 0.717) is 0 Å². The molecular weight excluding hydrogens is 168 g/mol. The van der Waals surface area contributed by atoms with Crippen LogP contribution in [0.1, 0.15) is 33.1 Å². The predicted octanol–water partition coefficient (Wildman–Crippen LogP) is 3.21. The molecule has 12 heavy (non-hydrogen) atoms. The van der Waals surface area contributed by atoms with Gasteiger partial charge in [-0.3, -0.25) is 0 Å². The molecule has 0 N–H and O–H groups in total. The highest BCUT2D eigenvalue weighted by molar-refractivity contribution is 8.01. The zero-order valence-corrected chi connectivity index (χ0v) is 8.99. The molecule has 70 valence electrons. The van der Waals surface area contributed by atoms with E-state index in [2.05, 4.69) is 26.0 Å². The van der Waals surface area contributed by atoms with Gasteiger partial charge >= 0.3 is 0 Å². The van der Waals surface area contributed by atoms with E-state index < -0.39 is 0 Å². The molecule has 1 unspecified atom stereocenters. The van der Waals surface area contributed by atoms with Gasteiger partial charge in [-0.05, 0) is 33.1 Å². The molecule has 0 radical (unpaired) electrons. The summed E-state index contributed by atoms with van der Waals surface area (Å²) in [5.74, 6) is 0. The smallest absolute Gasteiger partial charge is 0.108 e. The number of hydrogen-bond donors (Lipinski definition) is 0. The van der Waals surface area contributed by atoms with Gasteiger partial charge in [-0.2, -0.15) is 0 Å². The van der Waals surface area contributed by atoms with Crippen LogP contribution in [0.15, 0.2) is 12.2 Å². The number of rotatable bonds is 3. The highest BCUT2D eigenvalue weighted by Gasteiger charge is 2.23. The van der Waals surface area contributed by atoms with Gasteiger partial charge in [0.2, 0.25) is 0 Å². The van der Waals surface area contributed by atoms with Crippen molar-refractivity contribution in [3.05, 3.63) is 12.2 Å². The lowest BCUT2D eigenvalue weighted by molar-refractivity contribution is 0.103. The Morgan fingerprint density at radius 3 is 2.67 bits per heavy atom. The third-order valence-electron chi connectivity index (χ3n) is 2.16. The van der Waals surface area contributed by atoms with Crippen LogP contribution in [0.25, 0.3) is 0 Å². The van der Waals surface area contributed by atoms with Crippen molar-refractivity contribution in [3.63, 3.8) is 0 Å². The fourth-order valence-corrected chi connectivity index (χ4v) is 2.68. The molecule has 1 aliphatic rings. The SMILES string of the molecule is COC(C)(C)SC1CC=CCC1. The van der Waals surface area contributed by atoms with Gasteiger partial charge in [-0.25, -0.2) is 0 Å². The molecule has 0 aromatic rings. The number of ether oxygens (including phenoxy) is 1. The van der Waals surface area contributed by atoms with E-state index in [-0.39, 0.29) is 4.93 Å². The lowest BCUT2D eigenvalue weighted by Gasteiger charge is -2.28. The molecular formula is C10H18OS. The standard InChI is InChI=1S/C10H18OS/c1-10(2,11-3)12-9-7-5-4-6-8-9/h4-5,9H,6-8H2,1-3H3. The molecule has 0 bridgehead atoms. The Labute approximate surface area is 79.6 Å². The second-order valence-electron chi connectivity index (χ2n) is 3.63. The maximum absolute atomic E-state index is 5.38. The van der Waals surface area contributed by atoms with Crippen molar-refractivity contribution in [1.82, 2.24) is 0 Å². The second-order valence-corrected chi connectivity index (χ2v) is 5.51. The van der Waals surface area contributed by atoms with Gasteiger partial charge in [0.1, 0.15) is 4.93 Å². The Morgan fingerprint density at radius 1 is 1.42 bits per heavy atom. The van der Waals surface area contributed by atoms with Crippen molar-refractivity contribution in [2.45, 2.75) is 43.3 Å². The highest BCUT2D eigenvalue weighted by Crippen LogP contribution is 2.34. The first-order valence-electron chi connectivity index (χ1n) is 4.52. The average Bonchev–Trinajstić information content (AvgIpc) is 2.06. The first-order chi connectivity index (χ1) is 5.64. The first kappa shape index (κ1) is 10.1. The van der Waals surface area contributed by atoms with Gasteiger partial charge in [0.05, 0.1) is 0 Å². The summed E-state index contributed by atoms with van der Waals surface area (Å²) in [7, 11) is 1.78. The van der Waals surface area contributed by atoms with E-state index >= 15 is 0 Å². The summed E-state index contributed by atoms with van der Waals surface area (Å²) in [4.78, 5) is -0.0180. The van der Waals surface area contributed by atoms with Crippen molar-refractivity contribution in [3.8, 4) is 0 Å². The molecule has 2 heteroatoms. The molecule has 0 saturated heterocycles. The highest BCUT2D eigenvalue weighted by atomic mass is 32.2. The third kappa shape index (κ3) is 3.20. The lowest BCUT2D eigenvalue weighted by atomic mass is 10.1. The normalized spacial score (nSPS) is 24.4. The molecule has 0 amide bonds. The van der Waals surface area contributed by atoms with Crippen LogP contribution in [-0.2, 0) is 4.74 Å². The Balaban J connectivity index is 2.35. The number of hydrogen-bond acceptors (Lipinski definition) is 2. The number of methoxy groups -OCH3 is 1. The van der Waals surface area contributed by atoms with Gasteiger partial charge < -0.3 is 4.74 Å². The summed E-state index contributed by atoms with van der Waals surface area (Å²) >= 11 is 1.95. The van der Waals surface area contributed by atoms with Crippen molar-refractivity contribution >= 4 is 11.8 Å². The fourth-order valence-electron chi connectivity index (χ4n) is 1.32. The van der Waals surface area contributed by atoms with Crippen LogP contribution >= 0.6 is 11.8 Å². The zero-order valence-electron chi connectivity index (χ0n) is 8.17. The van der Waals surface area contributed by atoms with Gasteiger partial charge in [0.25, 0.3) is 0 Å². The molecule has 0 heterocycles. The van der Waals surface area contributed by atoms with Crippen LogP contribution in [0.3, 0.4) is 0 Å². The first-order valence-corrected chi connectivity index (χ1v) is 5.40. The van der Waals surface area contributed by atoms with E-state index in [1.165, 1.54) is 19.3 Å². The van der Waals surface area contributed by atoms with E-state index in [1.54, 1.807) is 7.11 Å². The number of allylic oxidation sites excluding steroid dienone is 2. The maximum Gasteiger partial charge on any atom is 0.108 e. The summed E-state index contributed by atoms with van der Waals surface area (Å²) in [5.41, 5.74) is 0. The Morgan fingerprint density at radius 2 is 2.17 bits per heavy atom. The average molecular weight is 186 g/mol. The third-order valence-corrected chi connectivity index (χ3v) is 3.66. The lowest BCUT2D eigenvalue weighted by Crippen LogP contribution is -2.22. The molecule has 0 saturated carbocycles. The maximum atomic E-state index is 5.38. The summed E-state index contributed by atoms with van der Waals surface area (Å²) in [5, 5.41) is 0.755. The molecule has 0 aromatic heterocycles. The molecule has 1 rings (SSSR count). The van der Waals surface area contributed by atoms with Gasteiger partial charge in [0, 0.05) is 12.4 Å². The van der Waals surface area contributed by atoms with Crippen LogP contribution in [0, 0.1) is 0 Å². The largest absolute Gasteiger partial charge is 0.368 e. The Kier molecular flexibility index (Phi) is 3.66. The monoisotopic (exact) mass is 186 g/mol. The van der Waals surface area contributed by atoms with Crippen LogP contribution in [0.2, 0.25) is 0 Å². The summed E-state index contributed by atoms with van der Waals surface area (Å²) in [6.45, 7) is 4.27. The van der Waals surface area contributed by atoms with Gasteiger partial charge in [-0.15, -0.1) is 11.8 Å². The number of thioether (sulfide) groups is 1. The molecule has 0 aliphatic heterocycles. The van der Waals surface area contributed by atoms with Gasteiger partial charge in [0.15, 0.2) is 0 Å². The molecule has 1 aliphatic carbocycles. The molecule has 0 aromatic carbocycles. The summed E-state index contributed by atoms with van der Waals surface area (Å²) in [6, 6.07) is 0. The quantitative estimate of drug-likeness (QED) is 0.494. The van der Waals surface area contributed by atoms with Crippen molar-refractivity contribution in [2.75, 3.05) is 7.11 Å². The van der Waals surface area contributed by atoms with Crippen LogP contribution in [0.4, 0.5) is 0 Å². The molecule has 1 nitrogen and oxygen atoms in total. The van der Waals surface area contributed by atoms with Crippen molar-refractivity contribution in [2.24, 2.45) is 0 Å². The second kappa shape index (κ2) is 4.33. The minimum atomic E-state index is -0.0180. The van der Waals surface area contributed by atoms with Crippen molar-refractivity contribution < 1.29 is 4.74 Å². The summed E-state index contributed by atoms with van der Waals surface area (Å²) in [6.07, 6.45) is 8.30. The Hall–Kier alpha value is 0.0500. The van der Waals surface area contributed by atoms with Gasteiger partial charge in [-0.1, -0.05) is 12.2 Å².